The van der Waals surface area contributed by atoms with Gasteiger partial charge in [-0.15, -0.1) is 0 Å². The zero-order valence-electron chi connectivity index (χ0n) is 11.6. The lowest BCUT2D eigenvalue weighted by Gasteiger charge is -2.39. The van der Waals surface area contributed by atoms with E-state index >= 15 is 0 Å². The van der Waals surface area contributed by atoms with Crippen molar-refractivity contribution in [3.05, 3.63) is 0 Å². The van der Waals surface area contributed by atoms with Crippen LogP contribution < -0.4 is 24.0 Å². The monoisotopic (exact) mass is 477 g/mol. The van der Waals surface area contributed by atoms with Crippen molar-refractivity contribution in [1.82, 2.24) is 0 Å². The number of alkyl halides is 1. The van der Waals surface area contributed by atoms with Gasteiger partial charge in [-0.2, -0.15) is 0 Å². The van der Waals surface area contributed by atoms with Crippen LogP contribution in [0.1, 0.15) is 46.0 Å². The molecular formula is C14H25I2NO. The summed E-state index contributed by atoms with van der Waals surface area (Å²) in [6.07, 6.45) is 5.58. The maximum atomic E-state index is 12.4. The van der Waals surface area contributed by atoms with Crippen LogP contribution in [-0.2, 0) is 4.79 Å². The van der Waals surface area contributed by atoms with Crippen LogP contribution >= 0.6 is 22.6 Å². The van der Waals surface area contributed by atoms with Crippen LogP contribution in [0.25, 0.3) is 0 Å². The summed E-state index contributed by atoms with van der Waals surface area (Å²) >= 11 is 2.52. The second kappa shape index (κ2) is 6.70. The molecule has 2 atom stereocenters. The number of nitrogens with zero attached hydrogens (tertiary/aromatic N) is 1. The molecule has 2 unspecified atom stereocenters. The minimum Gasteiger partial charge on any atom is -1.00 e. The molecule has 2 nitrogen and oxygen atoms in total. The van der Waals surface area contributed by atoms with Crippen molar-refractivity contribution in [2.45, 2.75) is 52.0 Å². The summed E-state index contributed by atoms with van der Waals surface area (Å²) in [4.78, 5) is 12.4. The zero-order valence-corrected chi connectivity index (χ0v) is 15.9. The fraction of sp³-hybridized carbons (Fsp3) is 0.929. The number of ketones is 1. The number of halogens is 2. The predicted molar refractivity (Wildman–Crippen MR) is 79.4 cm³/mol. The fourth-order valence-electron chi connectivity index (χ4n) is 4.14. The van der Waals surface area contributed by atoms with Crippen LogP contribution in [0.4, 0.5) is 0 Å². The van der Waals surface area contributed by atoms with E-state index < -0.39 is 0 Å². The van der Waals surface area contributed by atoms with Crippen molar-refractivity contribution in [2.75, 3.05) is 24.1 Å². The zero-order chi connectivity index (χ0) is 12.5. The summed E-state index contributed by atoms with van der Waals surface area (Å²) in [5.41, 5.74) is 0.0696. The molecule has 1 aliphatic carbocycles. The molecule has 1 aliphatic heterocycles. The number of hydrogen-bond acceptors (Lipinski definition) is 1. The van der Waals surface area contributed by atoms with E-state index in [1.807, 2.05) is 0 Å². The van der Waals surface area contributed by atoms with Gasteiger partial charge in [0.15, 0.2) is 0 Å². The van der Waals surface area contributed by atoms with Crippen LogP contribution in [0.15, 0.2) is 0 Å². The molecule has 2 aliphatic rings. The van der Waals surface area contributed by atoms with Gasteiger partial charge in [-0.1, -0.05) is 29.0 Å². The third-order valence-electron chi connectivity index (χ3n) is 5.36. The van der Waals surface area contributed by atoms with Crippen LogP contribution in [0, 0.1) is 5.41 Å². The summed E-state index contributed by atoms with van der Waals surface area (Å²) in [6, 6.07) is 0.715. The quantitative estimate of drug-likeness (QED) is 0.323. The molecule has 1 heterocycles. The molecule has 18 heavy (non-hydrogen) atoms. The summed E-state index contributed by atoms with van der Waals surface area (Å²) in [6.45, 7) is 8.12. The Bertz CT molecular complexity index is 304. The van der Waals surface area contributed by atoms with E-state index in [0.717, 1.165) is 25.8 Å². The first kappa shape index (κ1) is 17.1. The topological polar surface area (TPSA) is 17.1 Å². The third-order valence-corrected chi connectivity index (χ3v) is 6.37. The average Bonchev–Trinajstić information content (AvgIpc) is 2.69. The van der Waals surface area contributed by atoms with Crippen molar-refractivity contribution < 1.29 is 33.3 Å². The maximum Gasteiger partial charge on any atom is 0.144 e. The van der Waals surface area contributed by atoms with Crippen LogP contribution in [-0.4, -0.2) is 40.4 Å². The lowest BCUT2D eigenvalue weighted by Crippen LogP contribution is -3.00. The molecule has 2 rings (SSSR count). The van der Waals surface area contributed by atoms with Gasteiger partial charge in [0, 0.05) is 12.8 Å². The van der Waals surface area contributed by atoms with Gasteiger partial charge < -0.3 is 28.5 Å². The Morgan fingerprint density at radius 2 is 2.00 bits per heavy atom. The molecular weight excluding hydrogens is 452 g/mol. The highest BCUT2D eigenvalue weighted by Crippen LogP contribution is 2.47. The molecule has 106 valence electrons. The summed E-state index contributed by atoms with van der Waals surface area (Å²) < 4.78 is 2.39. The van der Waals surface area contributed by atoms with Gasteiger partial charge in [0.2, 0.25) is 0 Å². The lowest BCUT2D eigenvalue weighted by atomic mass is 9.72. The number of carbonyl (C=O) groups is 1. The third kappa shape index (κ3) is 2.75. The Hall–Kier alpha value is 1.09. The molecule has 0 bridgehead atoms. The smallest absolute Gasteiger partial charge is 0.144 e. The average molecular weight is 477 g/mol. The summed E-state index contributed by atoms with van der Waals surface area (Å²) in [7, 11) is 0. The Kier molecular flexibility index (Phi) is 6.38. The SMILES string of the molecule is CC[N+]1(CC)CC2(CCCCC2=O)CC1CI.[I-]. The first-order chi connectivity index (χ1) is 8.12. The number of hydrogen-bond donors (Lipinski definition) is 0. The molecule has 1 spiro atoms. The Morgan fingerprint density at radius 1 is 1.33 bits per heavy atom. The number of likely N-dealkylation sites (tertiary alicyclic amines) is 1. The molecule has 1 saturated carbocycles. The summed E-state index contributed by atoms with van der Waals surface area (Å²) in [5, 5.41) is 0. The molecule has 0 amide bonds. The minimum absolute atomic E-state index is 0. The van der Waals surface area contributed by atoms with Gasteiger partial charge >= 0.3 is 0 Å². The van der Waals surface area contributed by atoms with E-state index in [2.05, 4.69) is 36.4 Å². The van der Waals surface area contributed by atoms with Gasteiger partial charge in [-0.3, -0.25) is 4.79 Å². The Morgan fingerprint density at radius 3 is 2.44 bits per heavy atom. The van der Waals surface area contributed by atoms with Crippen molar-refractivity contribution in [2.24, 2.45) is 5.41 Å². The van der Waals surface area contributed by atoms with Gasteiger partial charge in [-0.05, 0) is 26.7 Å². The first-order valence-corrected chi connectivity index (χ1v) is 8.60. The van der Waals surface area contributed by atoms with Crippen LogP contribution in [0.5, 0.6) is 0 Å². The molecule has 1 saturated heterocycles. The van der Waals surface area contributed by atoms with Crippen LogP contribution in [0.3, 0.4) is 0 Å². The molecule has 0 aromatic carbocycles. The van der Waals surface area contributed by atoms with Crippen molar-refractivity contribution >= 4 is 28.4 Å². The van der Waals surface area contributed by atoms with Crippen molar-refractivity contribution in [1.29, 1.82) is 0 Å². The van der Waals surface area contributed by atoms with Gasteiger partial charge in [0.25, 0.3) is 0 Å². The maximum absolute atomic E-state index is 12.4. The molecule has 0 radical (unpaired) electrons. The molecule has 0 N–H and O–H groups in total. The standard InChI is InChI=1S/C14H25INO.HI/c1-3-16(4-2)11-14(9-12(16)10-15)8-6-5-7-13(14)17;/h12H,3-11H2,1-2H3;1H/q+1;/p-1. The number of quaternary nitrogens is 1. The Labute approximate surface area is 142 Å². The highest BCUT2D eigenvalue weighted by atomic mass is 127. The van der Waals surface area contributed by atoms with E-state index in [1.54, 1.807) is 0 Å². The molecule has 0 aromatic rings. The highest BCUT2D eigenvalue weighted by Gasteiger charge is 2.56. The van der Waals surface area contributed by atoms with E-state index in [1.165, 1.54) is 34.8 Å². The molecule has 4 heteroatoms. The van der Waals surface area contributed by atoms with Crippen molar-refractivity contribution in [3.63, 3.8) is 0 Å². The predicted octanol–water partition coefficient (Wildman–Crippen LogP) is 0.184. The lowest BCUT2D eigenvalue weighted by molar-refractivity contribution is -0.935. The first-order valence-electron chi connectivity index (χ1n) is 7.07. The van der Waals surface area contributed by atoms with Gasteiger partial charge in [0.1, 0.15) is 5.78 Å². The number of Topliss-reactive ketones (excluding diaryl/α,β-unsaturated/α-hetero) is 1. The molecule has 0 aromatic heterocycles. The number of rotatable bonds is 3. The largest absolute Gasteiger partial charge is 1.00 e. The van der Waals surface area contributed by atoms with Gasteiger partial charge in [0.05, 0.1) is 35.5 Å². The van der Waals surface area contributed by atoms with E-state index in [-0.39, 0.29) is 29.4 Å². The second-order valence-electron chi connectivity index (χ2n) is 5.93. The van der Waals surface area contributed by atoms with Gasteiger partial charge in [-0.25, -0.2) is 0 Å². The Balaban J connectivity index is 0.00000162. The van der Waals surface area contributed by atoms with E-state index in [4.69, 9.17) is 0 Å². The summed E-state index contributed by atoms with van der Waals surface area (Å²) in [5.74, 6) is 0.584. The fourth-order valence-corrected chi connectivity index (χ4v) is 5.29. The normalized spacial score (nSPS) is 34.6. The van der Waals surface area contributed by atoms with E-state index in [0.29, 0.717) is 11.8 Å². The molecule has 2 fully saturated rings. The highest BCUT2D eigenvalue weighted by molar-refractivity contribution is 14.1. The van der Waals surface area contributed by atoms with Crippen molar-refractivity contribution in [3.8, 4) is 0 Å². The minimum atomic E-state index is 0. The van der Waals surface area contributed by atoms with E-state index in [9.17, 15) is 4.79 Å². The number of carbonyl (C=O) groups excluding carboxylic acids is 1. The van der Waals surface area contributed by atoms with Crippen LogP contribution in [0.2, 0.25) is 0 Å². The second-order valence-corrected chi connectivity index (χ2v) is 6.81.